The van der Waals surface area contributed by atoms with Gasteiger partial charge in [0.2, 0.25) is 0 Å². The van der Waals surface area contributed by atoms with Gasteiger partial charge >= 0.3 is 0 Å². The van der Waals surface area contributed by atoms with Crippen LogP contribution in [0.1, 0.15) is 55.7 Å². The number of pyridine rings is 1. The third kappa shape index (κ3) is 7.05. The van der Waals surface area contributed by atoms with Crippen molar-refractivity contribution < 1.29 is 13.8 Å². The molecule has 3 unspecified atom stereocenters. The minimum Gasteiger partial charge on any atom is -0.360 e. The summed E-state index contributed by atoms with van der Waals surface area (Å²) in [6.07, 6.45) is 12.7. The Kier molecular flexibility index (Phi) is 8.89. The van der Waals surface area contributed by atoms with Gasteiger partial charge in [0, 0.05) is 36.0 Å². The number of thiol groups is 1. The van der Waals surface area contributed by atoms with Crippen LogP contribution < -0.4 is 10.6 Å². The van der Waals surface area contributed by atoms with Crippen molar-refractivity contribution in [2.24, 2.45) is 9.98 Å². The van der Waals surface area contributed by atoms with E-state index in [4.69, 9.17) is 4.99 Å². The normalized spacial score (nSPS) is 23.1. The van der Waals surface area contributed by atoms with Gasteiger partial charge in [0.15, 0.2) is 5.62 Å². The highest BCUT2D eigenvalue weighted by atomic mass is 32.2. The highest BCUT2D eigenvalue weighted by molar-refractivity contribution is 8.14. The fourth-order valence-electron chi connectivity index (χ4n) is 5.51. The Morgan fingerprint density at radius 3 is 2.66 bits per heavy atom. The zero-order chi connectivity index (χ0) is 29.0. The van der Waals surface area contributed by atoms with Crippen LogP contribution in [0.15, 0.2) is 58.8 Å². The molecule has 4 heterocycles. The van der Waals surface area contributed by atoms with E-state index in [0.717, 1.165) is 41.9 Å². The van der Waals surface area contributed by atoms with Gasteiger partial charge in [-0.25, -0.2) is 0 Å². The van der Waals surface area contributed by atoms with Crippen LogP contribution in [-0.2, 0) is 26.1 Å². The zero-order valence-electron chi connectivity index (χ0n) is 24.0. The van der Waals surface area contributed by atoms with Gasteiger partial charge in [-0.05, 0) is 83.9 Å². The Hall–Kier alpha value is -3.50. The number of hydrogen-bond acceptors (Lipinski definition) is 8. The molecule has 3 aliphatic rings. The zero-order valence-corrected chi connectivity index (χ0v) is 24.9. The number of hydrogen-bond donors (Lipinski definition) is 3. The van der Waals surface area contributed by atoms with Gasteiger partial charge in [0.25, 0.3) is 5.91 Å². The Labute approximate surface area is 243 Å². The number of dihydropyridines is 1. The lowest BCUT2D eigenvalue weighted by Crippen LogP contribution is -2.44. The number of likely N-dealkylation sites (tertiary alicyclic amines) is 1. The molecule has 2 aromatic rings. The summed E-state index contributed by atoms with van der Waals surface area (Å²) in [5.41, 5.74) is 6.14. The van der Waals surface area contributed by atoms with Crippen molar-refractivity contribution in [3.63, 3.8) is 0 Å². The van der Waals surface area contributed by atoms with Gasteiger partial charge in [-0.3, -0.25) is 33.7 Å². The van der Waals surface area contributed by atoms with Crippen molar-refractivity contribution in [1.29, 1.82) is 0 Å². The first-order chi connectivity index (χ1) is 19.7. The molecule has 1 saturated heterocycles. The van der Waals surface area contributed by atoms with E-state index in [1.165, 1.54) is 31.1 Å². The quantitative estimate of drug-likeness (QED) is 0.329. The van der Waals surface area contributed by atoms with Gasteiger partial charge in [0.1, 0.15) is 11.5 Å². The second-order valence-corrected chi connectivity index (χ2v) is 14.4. The largest absolute Gasteiger partial charge is 0.360 e. The van der Waals surface area contributed by atoms with Crippen molar-refractivity contribution in [2.45, 2.75) is 57.7 Å². The summed E-state index contributed by atoms with van der Waals surface area (Å²) >= 11 is 0. The second-order valence-electron chi connectivity index (χ2n) is 11.5. The number of aliphatic imine (C=N–C) groups is 2. The number of benzene rings is 1. The Morgan fingerprint density at radius 1 is 1.12 bits per heavy atom. The fourth-order valence-corrected chi connectivity index (χ4v) is 6.06. The van der Waals surface area contributed by atoms with E-state index in [-0.39, 0.29) is 29.8 Å². The SMILES string of the molecule is CC1N=C(C(=O)NC2C=CC(NC[SH](C)(=O)C=O)=NC2)c2cc(-c3cncc(CN4CCCCC4)c3)ccc2C1C. The number of amides is 1. The Bertz CT molecular complexity index is 1450. The summed E-state index contributed by atoms with van der Waals surface area (Å²) in [4.78, 5) is 40.8. The summed E-state index contributed by atoms with van der Waals surface area (Å²) in [5.74, 6) is 0.551. The van der Waals surface area contributed by atoms with Crippen LogP contribution in [0.5, 0.6) is 0 Å². The highest BCUT2D eigenvalue weighted by Gasteiger charge is 2.30. The van der Waals surface area contributed by atoms with Crippen LogP contribution in [0.3, 0.4) is 0 Å². The summed E-state index contributed by atoms with van der Waals surface area (Å²) in [7, 11) is -2.87. The lowest BCUT2D eigenvalue weighted by molar-refractivity contribution is -0.115. The fraction of sp³-hybridized carbons (Fsp3) is 0.452. The molecule has 1 fully saturated rings. The molecule has 0 aliphatic carbocycles. The minimum absolute atomic E-state index is 0.0260. The first-order valence-corrected chi connectivity index (χ1v) is 16.8. The van der Waals surface area contributed by atoms with Gasteiger partial charge in [-0.2, -0.15) is 0 Å². The van der Waals surface area contributed by atoms with Crippen molar-refractivity contribution >= 4 is 33.0 Å². The minimum atomic E-state index is -2.87. The van der Waals surface area contributed by atoms with Crippen LogP contribution in [0.25, 0.3) is 11.1 Å². The number of nitrogens with one attached hydrogen (secondary N) is 2. The summed E-state index contributed by atoms with van der Waals surface area (Å²) in [6, 6.07) is 8.20. The van der Waals surface area contributed by atoms with Crippen LogP contribution in [-0.4, -0.2) is 81.0 Å². The molecule has 1 amide bonds. The number of carbonyl (C=O) groups is 2. The molecule has 9 nitrogen and oxygen atoms in total. The van der Waals surface area contributed by atoms with Crippen molar-refractivity contribution in [2.75, 3.05) is 31.8 Å². The van der Waals surface area contributed by atoms with Crippen LogP contribution in [0.4, 0.5) is 0 Å². The average molecular weight is 577 g/mol. The average Bonchev–Trinajstić information content (AvgIpc) is 2.99. The Morgan fingerprint density at radius 2 is 1.93 bits per heavy atom. The number of carbonyl (C=O) groups excluding carboxylic acids is 2. The summed E-state index contributed by atoms with van der Waals surface area (Å²) < 4.78 is 12.0. The second kappa shape index (κ2) is 12.6. The van der Waals surface area contributed by atoms with E-state index in [1.807, 2.05) is 25.4 Å². The van der Waals surface area contributed by atoms with Crippen molar-refractivity contribution in [1.82, 2.24) is 20.5 Å². The Balaban J connectivity index is 1.31. The molecule has 0 saturated carbocycles. The van der Waals surface area contributed by atoms with Gasteiger partial charge in [-0.15, -0.1) is 0 Å². The third-order valence-electron chi connectivity index (χ3n) is 8.11. The molecule has 2 N–H and O–H groups in total. The van der Waals surface area contributed by atoms with Crippen LogP contribution >= 0.6 is 0 Å². The number of rotatable bonds is 8. The molecular weight excluding hydrogens is 536 g/mol. The number of aromatic nitrogens is 1. The smallest absolute Gasteiger partial charge is 0.270 e. The van der Waals surface area contributed by atoms with E-state index in [1.54, 1.807) is 6.08 Å². The molecular formula is C31H40N6O3S. The lowest BCUT2D eigenvalue weighted by atomic mass is 9.84. The monoisotopic (exact) mass is 576 g/mol. The molecule has 218 valence electrons. The predicted octanol–water partition coefficient (Wildman–Crippen LogP) is 2.87. The third-order valence-corrected chi connectivity index (χ3v) is 9.34. The maximum atomic E-state index is 13.5. The lowest BCUT2D eigenvalue weighted by Gasteiger charge is -2.28. The topological polar surface area (TPSA) is 116 Å². The number of piperidine rings is 1. The standard InChI is InChI=1S/C31H40N6O3S/c1-21-22(2)35-30(31(39)36-26-8-10-29(33-17-26)34-19-41(3,40)20-38)28-14-24(7-9-27(21)28)25-13-23(15-32-16-25)18-37-11-5-4-6-12-37/h7-10,13-16,20-22,26,41H,4-6,11-12,17-19H2,1-3H3,(H,33,34)(H,36,39). The van der Waals surface area contributed by atoms with Gasteiger partial charge in [-0.1, -0.05) is 31.6 Å². The number of amidine groups is 1. The van der Waals surface area contributed by atoms with E-state index in [9.17, 15) is 13.8 Å². The van der Waals surface area contributed by atoms with Crippen LogP contribution in [0.2, 0.25) is 0 Å². The molecule has 0 spiro atoms. The molecule has 0 radical (unpaired) electrons. The maximum Gasteiger partial charge on any atom is 0.270 e. The molecule has 3 aliphatic heterocycles. The van der Waals surface area contributed by atoms with E-state index < -0.39 is 9.93 Å². The molecule has 5 rings (SSSR count). The summed E-state index contributed by atoms with van der Waals surface area (Å²) in [6.45, 7) is 7.69. The van der Waals surface area contributed by atoms with Gasteiger partial charge < -0.3 is 10.6 Å². The first kappa shape index (κ1) is 29.0. The molecule has 10 heteroatoms. The van der Waals surface area contributed by atoms with Crippen molar-refractivity contribution in [3.05, 3.63) is 65.5 Å². The first-order valence-electron chi connectivity index (χ1n) is 14.4. The number of nitrogens with zero attached hydrogens (tertiary/aromatic N) is 4. The highest BCUT2D eigenvalue weighted by Crippen LogP contribution is 2.33. The predicted molar refractivity (Wildman–Crippen MR) is 167 cm³/mol. The number of fused-ring (bicyclic) bond motifs is 1. The molecule has 1 aromatic carbocycles. The molecule has 0 bridgehead atoms. The molecule has 41 heavy (non-hydrogen) atoms. The summed E-state index contributed by atoms with van der Waals surface area (Å²) in [5, 5.41) is 6.01. The van der Waals surface area contributed by atoms with Gasteiger partial charge in [0.05, 0.1) is 24.5 Å². The van der Waals surface area contributed by atoms with Crippen LogP contribution in [0, 0.1) is 0 Å². The van der Waals surface area contributed by atoms with E-state index >= 15 is 0 Å². The molecule has 1 aromatic heterocycles. The maximum absolute atomic E-state index is 13.5. The molecule has 3 atom stereocenters. The van der Waals surface area contributed by atoms with Crippen molar-refractivity contribution in [3.8, 4) is 11.1 Å². The van der Waals surface area contributed by atoms with E-state index in [0.29, 0.717) is 23.7 Å². The van der Waals surface area contributed by atoms with E-state index in [2.05, 4.69) is 56.7 Å².